The molecular formula is C19H15ClN2O6. The minimum Gasteiger partial charge on any atom is -0.484 e. The molecule has 144 valence electrons. The monoisotopic (exact) mass is 402 g/mol. The van der Waals surface area contributed by atoms with Crippen LogP contribution in [-0.2, 0) is 11.2 Å². The Morgan fingerprint density at radius 2 is 2.04 bits per heavy atom. The molecule has 0 bridgehead atoms. The van der Waals surface area contributed by atoms with E-state index in [-0.39, 0.29) is 23.0 Å². The Morgan fingerprint density at radius 3 is 2.75 bits per heavy atom. The van der Waals surface area contributed by atoms with Gasteiger partial charge in [-0.1, -0.05) is 18.5 Å². The third-order valence-corrected chi connectivity index (χ3v) is 4.32. The van der Waals surface area contributed by atoms with Gasteiger partial charge < -0.3 is 14.5 Å². The molecule has 0 fully saturated rings. The second kappa shape index (κ2) is 8.10. The number of hydrogen-bond acceptors (Lipinski definition) is 6. The van der Waals surface area contributed by atoms with Crippen molar-refractivity contribution >= 4 is 39.9 Å². The van der Waals surface area contributed by atoms with Crippen molar-refractivity contribution in [3.63, 3.8) is 0 Å². The zero-order valence-electron chi connectivity index (χ0n) is 14.7. The topological polar surface area (TPSA) is 112 Å². The number of anilines is 1. The Balaban J connectivity index is 1.72. The Kier molecular flexibility index (Phi) is 5.60. The van der Waals surface area contributed by atoms with E-state index in [4.69, 9.17) is 20.8 Å². The van der Waals surface area contributed by atoms with E-state index in [0.29, 0.717) is 17.8 Å². The molecule has 1 heterocycles. The number of benzene rings is 2. The van der Waals surface area contributed by atoms with Crippen LogP contribution in [0.2, 0.25) is 5.02 Å². The molecule has 8 nitrogen and oxygen atoms in total. The zero-order valence-corrected chi connectivity index (χ0v) is 15.5. The molecule has 0 spiro atoms. The van der Waals surface area contributed by atoms with Crippen molar-refractivity contribution in [1.29, 1.82) is 0 Å². The van der Waals surface area contributed by atoms with Crippen LogP contribution < -0.4 is 15.7 Å². The first-order valence-corrected chi connectivity index (χ1v) is 8.68. The van der Waals surface area contributed by atoms with Gasteiger partial charge in [-0.05, 0) is 30.2 Å². The van der Waals surface area contributed by atoms with Crippen LogP contribution >= 0.6 is 11.6 Å². The van der Waals surface area contributed by atoms with Gasteiger partial charge in [0.05, 0.1) is 15.6 Å². The minimum absolute atomic E-state index is 0.113. The fourth-order valence-corrected chi connectivity index (χ4v) is 2.82. The molecule has 1 aromatic heterocycles. The van der Waals surface area contributed by atoms with Crippen LogP contribution in [0.15, 0.2) is 51.7 Å². The summed E-state index contributed by atoms with van der Waals surface area (Å²) < 4.78 is 10.6. The molecule has 1 N–H and O–H groups in total. The number of halogens is 1. The van der Waals surface area contributed by atoms with Gasteiger partial charge in [0.1, 0.15) is 11.3 Å². The number of hydrogen-bond donors (Lipinski definition) is 1. The van der Waals surface area contributed by atoms with E-state index >= 15 is 0 Å². The molecule has 1 amide bonds. The molecule has 3 rings (SSSR count). The molecule has 28 heavy (non-hydrogen) atoms. The predicted octanol–water partition coefficient (Wildman–Crippen LogP) is 3.93. The standard InChI is InChI=1S/C19H15ClN2O6/c1-2-11-7-19(24)28-17-9-13(4-5-14(11)17)27-10-18(23)21-16-8-12(22(25)26)3-6-15(16)20/h3-9H,2,10H2,1H3,(H,21,23). The number of amides is 1. The van der Waals surface area contributed by atoms with Gasteiger partial charge in [0.25, 0.3) is 11.6 Å². The highest BCUT2D eigenvalue weighted by Gasteiger charge is 2.13. The number of non-ortho nitro benzene ring substituents is 1. The van der Waals surface area contributed by atoms with Crippen molar-refractivity contribution in [2.45, 2.75) is 13.3 Å². The Labute approximate surface area is 163 Å². The number of carbonyl (C=O) groups excluding carboxylic acids is 1. The summed E-state index contributed by atoms with van der Waals surface area (Å²) in [5, 5.41) is 14.3. The summed E-state index contributed by atoms with van der Waals surface area (Å²) in [7, 11) is 0. The summed E-state index contributed by atoms with van der Waals surface area (Å²) in [6, 6.07) is 10.1. The van der Waals surface area contributed by atoms with E-state index in [1.165, 1.54) is 24.3 Å². The maximum atomic E-state index is 12.1. The Bertz CT molecular complexity index is 1130. The van der Waals surface area contributed by atoms with Gasteiger partial charge in [0.15, 0.2) is 6.61 Å². The number of nitro groups is 1. The highest BCUT2D eigenvalue weighted by atomic mass is 35.5. The number of fused-ring (bicyclic) bond motifs is 1. The first kappa shape index (κ1) is 19.4. The second-order valence-electron chi connectivity index (χ2n) is 5.86. The molecule has 0 atom stereocenters. The molecule has 0 saturated carbocycles. The fourth-order valence-electron chi connectivity index (χ4n) is 2.65. The number of aryl methyl sites for hydroxylation is 1. The molecule has 3 aromatic rings. The predicted molar refractivity (Wildman–Crippen MR) is 104 cm³/mol. The van der Waals surface area contributed by atoms with Crippen molar-refractivity contribution in [2.24, 2.45) is 0 Å². The maximum Gasteiger partial charge on any atom is 0.336 e. The van der Waals surface area contributed by atoms with Gasteiger partial charge in [-0.15, -0.1) is 0 Å². The van der Waals surface area contributed by atoms with Crippen molar-refractivity contribution in [3.8, 4) is 5.75 Å². The molecule has 0 radical (unpaired) electrons. The summed E-state index contributed by atoms with van der Waals surface area (Å²) in [6.45, 7) is 1.57. The number of carbonyl (C=O) groups is 1. The molecule has 0 aliphatic rings. The third-order valence-electron chi connectivity index (χ3n) is 3.99. The van der Waals surface area contributed by atoms with Crippen molar-refractivity contribution in [1.82, 2.24) is 0 Å². The van der Waals surface area contributed by atoms with Crippen LogP contribution in [0.25, 0.3) is 11.0 Å². The fraction of sp³-hybridized carbons (Fsp3) is 0.158. The lowest BCUT2D eigenvalue weighted by atomic mass is 10.1. The first-order chi connectivity index (χ1) is 13.4. The molecule has 9 heteroatoms. The summed E-state index contributed by atoms with van der Waals surface area (Å²) in [6.07, 6.45) is 0.675. The molecule has 0 saturated heterocycles. The lowest BCUT2D eigenvalue weighted by Crippen LogP contribution is -2.20. The number of nitro benzene ring substituents is 1. The van der Waals surface area contributed by atoms with E-state index < -0.39 is 16.5 Å². The van der Waals surface area contributed by atoms with E-state index in [1.54, 1.807) is 12.1 Å². The highest BCUT2D eigenvalue weighted by molar-refractivity contribution is 6.33. The zero-order chi connectivity index (χ0) is 20.3. The normalized spacial score (nSPS) is 10.6. The van der Waals surface area contributed by atoms with Crippen molar-refractivity contribution in [2.75, 3.05) is 11.9 Å². The number of ether oxygens (including phenoxy) is 1. The SMILES string of the molecule is CCc1cc(=O)oc2cc(OCC(=O)Nc3cc([N+](=O)[O-])ccc3Cl)ccc12. The molecule has 2 aromatic carbocycles. The van der Waals surface area contributed by atoms with Gasteiger partial charge in [-0.3, -0.25) is 14.9 Å². The van der Waals surface area contributed by atoms with Gasteiger partial charge in [-0.25, -0.2) is 4.79 Å². The first-order valence-electron chi connectivity index (χ1n) is 8.30. The average molecular weight is 403 g/mol. The van der Waals surface area contributed by atoms with Crippen LogP contribution in [0, 0.1) is 10.1 Å². The van der Waals surface area contributed by atoms with Gasteiger partial charge in [0.2, 0.25) is 0 Å². The maximum absolute atomic E-state index is 12.1. The molecular weight excluding hydrogens is 388 g/mol. The van der Waals surface area contributed by atoms with Gasteiger partial charge in [-0.2, -0.15) is 0 Å². The smallest absolute Gasteiger partial charge is 0.336 e. The summed E-state index contributed by atoms with van der Waals surface area (Å²) in [4.78, 5) is 34.0. The van der Waals surface area contributed by atoms with E-state index in [0.717, 1.165) is 17.0 Å². The summed E-state index contributed by atoms with van der Waals surface area (Å²) in [5.41, 5.74) is 0.679. The number of nitrogens with zero attached hydrogens (tertiary/aromatic N) is 1. The Hall–Kier alpha value is -3.39. The summed E-state index contributed by atoms with van der Waals surface area (Å²) in [5.74, 6) is -0.213. The molecule has 0 aliphatic heterocycles. The lowest BCUT2D eigenvalue weighted by molar-refractivity contribution is -0.384. The average Bonchev–Trinajstić information content (AvgIpc) is 2.66. The van der Waals surface area contributed by atoms with E-state index in [9.17, 15) is 19.7 Å². The quantitative estimate of drug-likeness (QED) is 0.379. The summed E-state index contributed by atoms with van der Waals surface area (Å²) >= 11 is 5.95. The molecule has 0 aliphatic carbocycles. The lowest BCUT2D eigenvalue weighted by Gasteiger charge is -2.10. The van der Waals surface area contributed by atoms with Crippen LogP contribution in [0.1, 0.15) is 12.5 Å². The van der Waals surface area contributed by atoms with Gasteiger partial charge >= 0.3 is 5.63 Å². The molecule has 0 unspecified atom stereocenters. The van der Waals surface area contributed by atoms with Crippen LogP contribution in [0.5, 0.6) is 5.75 Å². The number of nitrogens with one attached hydrogen (secondary N) is 1. The van der Waals surface area contributed by atoms with Crippen LogP contribution in [0.3, 0.4) is 0 Å². The second-order valence-corrected chi connectivity index (χ2v) is 6.27. The van der Waals surface area contributed by atoms with Crippen LogP contribution in [-0.4, -0.2) is 17.4 Å². The minimum atomic E-state index is -0.587. The Morgan fingerprint density at radius 1 is 1.25 bits per heavy atom. The van der Waals surface area contributed by atoms with E-state index in [2.05, 4.69) is 5.32 Å². The highest BCUT2D eigenvalue weighted by Crippen LogP contribution is 2.27. The van der Waals surface area contributed by atoms with Gasteiger partial charge in [0, 0.05) is 29.7 Å². The van der Waals surface area contributed by atoms with Crippen LogP contribution in [0.4, 0.5) is 11.4 Å². The number of rotatable bonds is 6. The largest absolute Gasteiger partial charge is 0.484 e. The third kappa shape index (κ3) is 4.29. The van der Waals surface area contributed by atoms with Crippen molar-refractivity contribution < 1.29 is 18.9 Å². The van der Waals surface area contributed by atoms with E-state index in [1.807, 2.05) is 6.92 Å². The van der Waals surface area contributed by atoms with Crippen molar-refractivity contribution in [3.05, 3.63) is 73.6 Å².